The Morgan fingerprint density at radius 3 is 2.43 bits per heavy atom. The Hall–Kier alpha value is -3.35. The van der Waals surface area contributed by atoms with Gasteiger partial charge >= 0.3 is 0 Å². The zero-order valence-electron chi connectivity index (χ0n) is 17.7. The van der Waals surface area contributed by atoms with Gasteiger partial charge in [0.25, 0.3) is 0 Å². The Labute approximate surface area is 176 Å². The van der Waals surface area contributed by atoms with E-state index in [0.29, 0.717) is 11.7 Å². The fraction of sp³-hybridized carbons (Fsp3) is 0.348. The van der Waals surface area contributed by atoms with Crippen LogP contribution >= 0.6 is 0 Å². The van der Waals surface area contributed by atoms with Gasteiger partial charge in [0.15, 0.2) is 5.82 Å². The highest BCUT2D eigenvalue weighted by molar-refractivity contribution is 5.80. The van der Waals surface area contributed by atoms with E-state index in [1.165, 1.54) is 5.56 Å². The third-order valence-electron chi connectivity index (χ3n) is 4.97. The molecule has 4 aromatic rings. The van der Waals surface area contributed by atoms with E-state index in [0.717, 1.165) is 54.1 Å². The summed E-state index contributed by atoms with van der Waals surface area (Å²) in [6.45, 7) is 7.31. The van der Waals surface area contributed by atoms with Crippen molar-refractivity contribution in [2.45, 2.75) is 46.6 Å². The van der Waals surface area contributed by atoms with Gasteiger partial charge in [-0.15, -0.1) is 10.2 Å². The molecule has 0 atom stereocenters. The second-order valence-electron chi connectivity index (χ2n) is 7.93. The van der Waals surface area contributed by atoms with E-state index in [2.05, 4.69) is 76.4 Å². The largest absolute Gasteiger partial charge is 0.245 e. The monoisotopic (exact) mass is 401 g/mol. The lowest BCUT2D eigenvalue weighted by atomic mass is 9.98. The fourth-order valence-corrected chi connectivity index (χ4v) is 3.58. The Kier molecular flexibility index (Phi) is 5.97. The van der Waals surface area contributed by atoms with Crippen molar-refractivity contribution in [2.24, 2.45) is 5.92 Å². The van der Waals surface area contributed by atoms with Gasteiger partial charge in [0.05, 0.1) is 6.54 Å². The van der Waals surface area contributed by atoms with Crippen LogP contribution in [0.15, 0.2) is 48.5 Å². The van der Waals surface area contributed by atoms with Crippen molar-refractivity contribution >= 4 is 0 Å². The molecule has 1 N–H and O–H groups in total. The molecule has 0 spiro atoms. The van der Waals surface area contributed by atoms with Crippen molar-refractivity contribution in [3.63, 3.8) is 0 Å². The van der Waals surface area contributed by atoms with Crippen LogP contribution in [-0.4, -0.2) is 35.4 Å². The van der Waals surface area contributed by atoms with Crippen molar-refractivity contribution in [1.29, 1.82) is 0 Å². The minimum atomic E-state index is 0.550. The van der Waals surface area contributed by atoms with Gasteiger partial charge in [-0.05, 0) is 34.2 Å². The maximum Gasteiger partial charge on any atom is 0.205 e. The smallest absolute Gasteiger partial charge is 0.205 e. The van der Waals surface area contributed by atoms with Crippen molar-refractivity contribution in [2.75, 3.05) is 0 Å². The molecule has 0 saturated carbocycles. The molecular formula is C23H27N7. The summed E-state index contributed by atoms with van der Waals surface area (Å²) in [7, 11) is 0. The standard InChI is InChI=1S/C23H27N7/c1-4-7-22-24-21(14-16(2)3)27-30(22)15-17-10-12-18(13-11-17)19-8-5-6-9-20(19)23-25-28-29-26-23/h5-6,8-13,16H,4,7,14-15H2,1-3H3,(H,25,26,28,29). The van der Waals surface area contributed by atoms with Gasteiger partial charge in [0.2, 0.25) is 5.82 Å². The zero-order chi connectivity index (χ0) is 20.9. The molecule has 0 saturated heterocycles. The molecule has 0 bridgehead atoms. The fourth-order valence-electron chi connectivity index (χ4n) is 3.58. The van der Waals surface area contributed by atoms with Crippen molar-refractivity contribution in [3.8, 4) is 22.5 Å². The van der Waals surface area contributed by atoms with Crippen LogP contribution in [0.1, 0.15) is 44.4 Å². The van der Waals surface area contributed by atoms with Crippen LogP contribution in [0.4, 0.5) is 0 Å². The minimum Gasteiger partial charge on any atom is -0.245 e. The molecule has 0 amide bonds. The average molecular weight is 402 g/mol. The number of tetrazole rings is 1. The predicted molar refractivity (Wildman–Crippen MR) is 117 cm³/mol. The van der Waals surface area contributed by atoms with Gasteiger partial charge < -0.3 is 0 Å². The Bertz CT molecular complexity index is 1080. The summed E-state index contributed by atoms with van der Waals surface area (Å²) < 4.78 is 2.06. The number of benzene rings is 2. The number of H-pyrrole nitrogens is 1. The van der Waals surface area contributed by atoms with E-state index in [4.69, 9.17) is 10.1 Å². The first-order chi connectivity index (χ1) is 14.6. The van der Waals surface area contributed by atoms with Gasteiger partial charge in [-0.2, -0.15) is 10.3 Å². The second-order valence-corrected chi connectivity index (χ2v) is 7.93. The molecule has 0 aliphatic carbocycles. The Morgan fingerprint density at radius 2 is 1.77 bits per heavy atom. The summed E-state index contributed by atoms with van der Waals surface area (Å²) in [4.78, 5) is 4.77. The number of aryl methyl sites for hydroxylation is 1. The molecule has 2 heterocycles. The lowest BCUT2D eigenvalue weighted by molar-refractivity contribution is 0.595. The highest BCUT2D eigenvalue weighted by Gasteiger charge is 2.13. The van der Waals surface area contributed by atoms with E-state index in [1.54, 1.807) is 0 Å². The van der Waals surface area contributed by atoms with Gasteiger partial charge in [0, 0.05) is 18.4 Å². The molecule has 7 nitrogen and oxygen atoms in total. The number of hydrogen-bond donors (Lipinski definition) is 1. The van der Waals surface area contributed by atoms with E-state index < -0.39 is 0 Å². The van der Waals surface area contributed by atoms with Crippen molar-refractivity contribution < 1.29 is 0 Å². The zero-order valence-corrected chi connectivity index (χ0v) is 17.7. The summed E-state index contributed by atoms with van der Waals surface area (Å²) in [5.41, 5.74) is 4.36. The molecule has 30 heavy (non-hydrogen) atoms. The lowest BCUT2D eigenvalue weighted by Crippen LogP contribution is -2.07. The summed E-state index contributed by atoms with van der Waals surface area (Å²) in [6, 6.07) is 16.7. The SMILES string of the molecule is CCCc1nc(CC(C)C)nn1Cc1ccc(-c2ccccc2-c2nn[nH]n2)cc1. The number of hydrogen-bond acceptors (Lipinski definition) is 5. The Morgan fingerprint density at radius 1 is 1.00 bits per heavy atom. The van der Waals surface area contributed by atoms with Gasteiger partial charge in [-0.1, -0.05) is 69.3 Å². The molecule has 4 rings (SSSR count). The Balaban J connectivity index is 1.58. The first kappa shape index (κ1) is 19.9. The summed E-state index contributed by atoms with van der Waals surface area (Å²) >= 11 is 0. The van der Waals surface area contributed by atoms with Gasteiger partial charge in [-0.25, -0.2) is 9.67 Å². The highest BCUT2D eigenvalue weighted by atomic mass is 15.5. The summed E-state index contributed by atoms with van der Waals surface area (Å²) in [5, 5.41) is 19.2. The summed E-state index contributed by atoms with van der Waals surface area (Å²) in [6.07, 6.45) is 2.92. The summed E-state index contributed by atoms with van der Waals surface area (Å²) in [5.74, 6) is 3.16. The lowest BCUT2D eigenvalue weighted by Gasteiger charge is -2.09. The number of aromatic nitrogens is 7. The number of nitrogens with zero attached hydrogens (tertiary/aromatic N) is 6. The van der Waals surface area contributed by atoms with E-state index in [1.807, 2.05) is 18.2 Å². The van der Waals surface area contributed by atoms with Crippen LogP contribution in [0, 0.1) is 5.92 Å². The maximum absolute atomic E-state index is 4.77. The topological polar surface area (TPSA) is 85.2 Å². The first-order valence-electron chi connectivity index (χ1n) is 10.5. The number of nitrogens with one attached hydrogen (secondary N) is 1. The highest BCUT2D eigenvalue weighted by Crippen LogP contribution is 2.29. The van der Waals surface area contributed by atoms with Crippen LogP contribution in [0.3, 0.4) is 0 Å². The normalized spacial score (nSPS) is 11.3. The number of aromatic amines is 1. The molecule has 0 fully saturated rings. The molecule has 0 unspecified atom stereocenters. The molecular weight excluding hydrogens is 374 g/mol. The van der Waals surface area contributed by atoms with Crippen LogP contribution in [0.25, 0.3) is 22.5 Å². The molecule has 2 aromatic heterocycles. The number of rotatable bonds is 8. The van der Waals surface area contributed by atoms with E-state index in [-0.39, 0.29) is 0 Å². The second kappa shape index (κ2) is 8.98. The average Bonchev–Trinajstić information content (AvgIpc) is 3.39. The van der Waals surface area contributed by atoms with Gasteiger partial charge in [-0.3, -0.25) is 0 Å². The van der Waals surface area contributed by atoms with Gasteiger partial charge in [0.1, 0.15) is 5.82 Å². The van der Waals surface area contributed by atoms with Crippen LogP contribution < -0.4 is 0 Å². The molecule has 154 valence electrons. The molecule has 2 aromatic carbocycles. The van der Waals surface area contributed by atoms with E-state index >= 15 is 0 Å². The van der Waals surface area contributed by atoms with Crippen LogP contribution in [0.2, 0.25) is 0 Å². The van der Waals surface area contributed by atoms with Crippen LogP contribution in [0.5, 0.6) is 0 Å². The van der Waals surface area contributed by atoms with Crippen molar-refractivity contribution in [1.82, 2.24) is 35.4 Å². The maximum atomic E-state index is 4.77. The van der Waals surface area contributed by atoms with Crippen molar-refractivity contribution in [3.05, 3.63) is 65.7 Å². The molecule has 0 aliphatic heterocycles. The quantitative estimate of drug-likeness (QED) is 0.475. The minimum absolute atomic E-state index is 0.550. The molecule has 0 aliphatic rings. The molecule has 0 radical (unpaired) electrons. The predicted octanol–water partition coefficient (Wildman–Crippen LogP) is 4.32. The van der Waals surface area contributed by atoms with Crippen LogP contribution in [-0.2, 0) is 19.4 Å². The van der Waals surface area contributed by atoms with E-state index in [9.17, 15) is 0 Å². The molecule has 7 heteroatoms. The first-order valence-corrected chi connectivity index (χ1v) is 10.5. The third kappa shape index (κ3) is 4.45. The third-order valence-corrected chi connectivity index (χ3v) is 4.97.